The van der Waals surface area contributed by atoms with E-state index in [-0.39, 0.29) is 12.4 Å². The highest BCUT2D eigenvalue weighted by atomic mass is 35.5. The quantitative estimate of drug-likeness (QED) is 0.576. The first-order valence-corrected chi connectivity index (χ1v) is 4.05. The lowest BCUT2D eigenvalue weighted by molar-refractivity contribution is -0.132. The van der Waals surface area contributed by atoms with E-state index >= 15 is 0 Å². The Hall–Kier alpha value is -1.55. The molecule has 0 bridgehead atoms. The lowest BCUT2D eigenvalue weighted by atomic mass is 10.3. The summed E-state index contributed by atoms with van der Waals surface area (Å²) < 4.78 is 9.61. The highest BCUT2D eigenvalue weighted by molar-refractivity contribution is 5.85. The van der Waals surface area contributed by atoms with E-state index in [1.807, 2.05) is 0 Å². The Balaban J connectivity index is 0.00000196. The number of hydrogen-bond donors (Lipinski definition) is 0. The van der Waals surface area contributed by atoms with E-state index in [0.717, 1.165) is 0 Å². The van der Waals surface area contributed by atoms with Crippen molar-refractivity contribution in [3.63, 3.8) is 0 Å². The normalized spacial score (nSPS) is 8.67. The largest absolute Gasteiger partial charge is 0.427 e. The second-order valence-corrected chi connectivity index (χ2v) is 2.66. The summed E-state index contributed by atoms with van der Waals surface area (Å²) in [5, 5.41) is 0. The van der Waals surface area contributed by atoms with Gasteiger partial charge in [-0.2, -0.15) is 0 Å². The van der Waals surface area contributed by atoms with Crippen molar-refractivity contribution in [2.45, 2.75) is 13.8 Å². The Bertz CT molecular complexity index is 331. The molecule has 4 nitrogen and oxygen atoms in total. The van der Waals surface area contributed by atoms with Gasteiger partial charge in [-0.3, -0.25) is 9.59 Å². The van der Waals surface area contributed by atoms with E-state index in [1.165, 1.54) is 19.9 Å². The molecule has 1 aromatic carbocycles. The van der Waals surface area contributed by atoms with Crippen LogP contribution in [0.2, 0.25) is 0 Å². The highest BCUT2D eigenvalue weighted by Crippen LogP contribution is 2.19. The van der Waals surface area contributed by atoms with Crippen LogP contribution in [0.3, 0.4) is 0 Å². The Labute approximate surface area is 93.6 Å². The van der Waals surface area contributed by atoms with Crippen molar-refractivity contribution in [3.8, 4) is 11.5 Å². The third-order valence-corrected chi connectivity index (χ3v) is 1.33. The average Bonchev–Trinajstić information content (AvgIpc) is 2.01. The van der Waals surface area contributed by atoms with Crippen molar-refractivity contribution in [2.24, 2.45) is 0 Å². The van der Waals surface area contributed by atoms with Crippen molar-refractivity contribution in [1.29, 1.82) is 0 Å². The van der Waals surface area contributed by atoms with Crippen LogP contribution in [-0.2, 0) is 9.59 Å². The van der Waals surface area contributed by atoms with Crippen LogP contribution in [0.4, 0.5) is 0 Å². The van der Waals surface area contributed by atoms with Gasteiger partial charge >= 0.3 is 11.9 Å². The molecule has 0 saturated carbocycles. The maximum absolute atomic E-state index is 10.6. The molecule has 1 rings (SSSR count). The van der Waals surface area contributed by atoms with Crippen LogP contribution in [0.1, 0.15) is 13.8 Å². The van der Waals surface area contributed by atoms with Gasteiger partial charge in [0.25, 0.3) is 0 Å². The molecule has 0 fully saturated rings. The summed E-state index contributed by atoms with van der Waals surface area (Å²) in [5.74, 6) is -0.109. The molecule has 0 saturated heterocycles. The molecule has 0 radical (unpaired) electrons. The molecule has 0 amide bonds. The first-order chi connectivity index (χ1) is 6.58. The molecule has 1 aromatic rings. The summed E-state index contributed by atoms with van der Waals surface area (Å²) in [6.45, 7) is 2.61. The Morgan fingerprint density at radius 2 is 1.40 bits per heavy atom. The second-order valence-electron chi connectivity index (χ2n) is 2.66. The maximum Gasteiger partial charge on any atom is 0.308 e. The monoisotopic (exact) mass is 230 g/mol. The van der Waals surface area contributed by atoms with E-state index in [1.54, 1.807) is 18.2 Å². The van der Waals surface area contributed by atoms with E-state index in [0.29, 0.717) is 11.5 Å². The zero-order chi connectivity index (χ0) is 10.6. The van der Waals surface area contributed by atoms with Crippen molar-refractivity contribution in [2.75, 3.05) is 0 Å². The van der Waals surface area contributed by atoms with Gasteiger partial charge in [-0.15, -0.1) is 12.4 Å². The van der Waals surface area contributed by atoms with Gasteiger partial charge < -0.3 is 9.47 Å². The summed E-state index contributed by atoms with van der Waals surface area (Å²) in [6, 6.07) is 6.32. The molecule has 0 spiro atoms. The Morgan fingerprint density at radius 3 is 1.73 bits per heavy atom. The number of benzene rings is 1. The number of esters is 2. The Morgan fingerprint density at radius 1 is 1.00 bits per heavy atom. The third kappa shape index (κ3) is 5.02. The van der Waals surface area contributed by atoms with Gasteiger partial charge in [0.2, 0.25) is 0 Å². The van der Waals surface area contributed by atoms with E-state index < -0.39 is 11.9 Å². The van der Waals surface area contributed by atoms with Crippen molar-refractivity contribution in [3.05, 3.63) is 24.3 Å². The molecule has 0 aliphatic carbocycles. The SMILES string of the molecule is CC(=O)Oc1cccc(OC(C)=O)c1.Cl. The molecule has 0 aliphatic rings. The van der Waals surface area contributed by atoms with Crippen LogP contribution >= 0.6 is 12.4 Å². The molecule has 0 unspecified atom stereocenters. The Kier molecular flexibility index (Phi) is 5.41. The minimum atomic E-state index is -0.412. The van der Waals surface area contributed by atoms with Gasteiger partial charge in [-0.1, -0.05) is 6.07 Å². The van der Waals surface area contributed by atoms with Crippen LogP contribution in [0.5, 0.6) is 11.5 Å². The molecule has 5 heteroatoms. The summed E-state index contributed by atoms with van der Waals surface area (Å²) in [7, 11) is 0. The van der Waals surface area contributed by atoms with Crippen molar-refractivity contribution >= 4 is 24.3 Å². The number of carbonyl (C=O) groups excluding carboxylic acids is 2. The zero-order valence-corrected chi connectivity index (χ0v) is 9.17. The number of carbonyl (C=O) groups is 2. The summed E-state index contributed by atoms with van der Waals surface area (Å²) >= 11 is 0. The fourth-order valence-electron chi connectivity index (χ4n) is 0.933. The van der Waals surface area contributed by atoms with Crippen LogP contribution < -0.4 is 9.47 Å². The molecule has 15 heavy (non-hydrogen) atoms. The van der Waals surface area contributed by atoms with Crippen LogP contribution in [0, 0.1) is 0 Å². The molecule has 0 heterocycles. The number of hydrogen-bond acceptors (Lipinski definition) is 4. The van der Waals surface area contributed by atoms with E-state index in [2.05, 4.69) is 0 Å². The molecular formula is C10H11ClO4. The minimum absolute atomic E-state index is 0. The summed E-state index contributed by atoms with van der Waals surface area (Å²) in [4.78, 5) is 21.2. The van der Waals surface area contributed by atoms with Gasteiger partial charge in [-0.05, 0) is 12.1 Å². The number of halogens is 1. The fourth-order valence-corrected chi connectivity index (χ4v) is 0.933. The minimum Gasteiger partial charge on any atom is -0.427 e. The maximum atomic E-state index is 10.6. The second kappa shape index (κ2) is 6.03. The molecule has 0 atom stereocenters. The average molecular weight is 231 g/mol. The van der Waals surface area contributed by atoms with Gasteiger partial charge in [0.05, 0.1) is 0 Å². The van der Waals surface area contributed by atoms with E-state index in [9.17, 15) is 9.59 Å². The molecule has 0 aromatic heterocycles. The zero-order valence-electron chi connectivity index (χ0n) is 8.35. The molecule has 82 valence electrons. The fraction of sp³-hybridized carbons (Fsp3) is 0.200. The highest BCUT2D eigenvalue weighted by Gasteiger charge is 2.01. The topological polar surface area (TPSA) is 52.6 Å². The lowest BCUT2D eigenvalue weighted by Gasteiger charge is -2.03. The van der Waals surface area contributed by atoms with Gasteiger partial charge in [-0.25, -0.2) is 0 Å². The van der Waals surface area contributed by atoms with Crippen LogP contribution in [0.15, 0.2) is 24.3 Å². The van der Waals surface area contributed by atoms with Crippen LogP contribution in [0.25, 0.3) is 0 Å². The molecule has 0 aliphatic heterocycles. The number of ether oxygens (including phenoxy) is 2. The lowest BCUT2D eigenvalue weighted by Crippen LogP contribution is -2.03. The standard InChI is InChI=1S/C10H10O4.ClH/c1-7(11)13-9-4-3-5-10(6-9)14-8(2)12;/h3-6H,1-2H3;1H. The van der Waals surface area contributed by atoms with E-state index in [4.69, 9.17) is 9.47 Å². The van der Waals surface area contributed by atoms with Gasteiger partial charge in [0.1, 0.15) is 11.5 Å². The summed E-state index contributed by atoms with van der Waals surface area (Å²) in [6.07, 6.45) is 0. The van der Waals surface area contributed by atoms with Crippen molar-refractivity contribution in [1.82, 2.24) is 0 Å². The predicted octanol–water partition coefficient (Wildman–Crippen LogP) is 1.96. The smallest absolute Gasteiger partial charge is 0.308 e. The predicted molar refractivity (Wildman–Crippen MR) is 56.3 cm³/mol. The third-order valence-electron chi connectivity index (χ3n) is 1.33. The molecule has 0 N–H and O–H groups in total. The first-order valence-electron chi connectivity index (χ1n) is 4.05. The first kappa shape index (κ1) is 13.4. The van der Waals surface area contributed by atoms with Crippen LogP contribution in [-0.4, -0.2) is 11.9 Å². The van der Waals surface area contributed by atoms with Gasteiger partial charge in [0.15, 0.2) is 0 Å². The van der Waals surface area contributed by atoms with Crippen molar-refractivity contribution < 1.29 is 19.1 Å². The molecular weight excluding hydrogens is 220 g/mol. The summed E-state index contributed by atoms with van der Waals surface area (Å²) in [5.41, 5.74) is 0. The van der Waals surface area contributed by atoms with Gasteiger partial charge in [0, 0.05) is 19.9 Å². The number of rotatable bonds is 2.